The van der Waals surface area contributed by atoms with Gasteiger partial charge in [-0.1, -0.05) is 6.07 Å². The highest BCUT2D eigenvalue weighted by molar-refractivity contribution is 5.91. The van der Waals surface area contributed by atoms with Gasteiger partial charge in [-0.25, -0.2) is 14.6 Å². The third-order valence-electron chi connectivity index (χ3n) is 4.40. The van der Waals surface area contributed by atoms with E-state index in [9.17, 15) is 4.79 Å². The fourth-order valence-corrected chi connectivity index (χ4v) is 2.97. The number of aromatic nitrogens is 6. The summed E-state index contributed by atoms with van der Waals surface area (Å²) in [5.41, 5.74) is 0. The van der Waals surface area contributed by atoms with Crippen molar-refractivity contribution < 1.29 is 4.79 Å². The maximum absolute atomic E-state index is 12.4. The zero-order valence-corrected chi connectivity index (χ0v) is 14.1. The Balaban J connectivity index is 1.34. The summed E-state index contributed by atoms with van der Waals surface area (Å²) in [6.07, 6.45) is 6.24. The van der Waals surface area contributed by atoms with Crippen LogP contribution in [0.2, 0.25) is 0 Å². The molecule has 1 fully saturated rings. The second-order valence-corrected chi connectivity index (χ2v) is 6.06. The SMILES string of the molecule is O=C(Nc1ccccn1)C1CCN(c2ccc(-n3cncn3)nn2)CC1. The molecule has 9 heteroatoms. The maximum atomic E-state index is 12.4. The van der Waals surface area contributed by atoms with Crippen LogP contribution < -0.4 is 10.2 Å². The monoisotopic (exact) mass is 350 g/mol. The molecule has 4 rings (SSSR count). The Morgan fingerprint density at radius 2 is 1.88 bits per heavy atom. The van der Waals surface area contributed by atoms with Gasteiger partial charge >= 0.3 is 0 Å². The summed E-state index contributed by atoms with van der Waals surface area (Å²) in [7, 11) is 0. The molecule has 0 atom stereocenters. The summed E-state index contributed by atoms with van der Waals surface area (Å²) in [4.78, 5) is 22.5. The van der Waals surface area contributed by atoms with E-state index in [1.54, 1.807) is 23.3 Å². The first-order valence-electron chi connectivity index (χ1n) is 8.45. The van der Waals surface area contributed by atoms with E-state index in [1.807, 2.05) is 24.3 Å². The van der Waals surface area contributed by atoms with Crippen molar-refractivity contribution in [2.45, 2.75) is 12.8 Å². The molecule has 26 heavy (non-hydrogen) atoms. The van der Waals surface area contributed by atoms with E-state index in [1.165, 1.54) is 6.33 Å². The summed E-state index contributed by atoms with van der Waals surface area (Å²) >= 11 is 0. The molecule has 3 aromatic rings. The third-order valence-corrected chi connectivity index (χ3v) is 4.40. The summed E-state index contributed by atoms with van der Waals surface area (Å²) in [5, 5.41) is 15.4. The number of hydrogen-bond acceptors (Lipinski definition) is 7. The molecule has 1 amide bonds. The zero-order chi connectivity index (χ0) is 17.8. The average Bonchev–Trinajstić information content (AvgIpc) is 3.24. The lowest BCUT2D eigenvalue weighted by atomic mass is 9.96. The van der Waals surface area contributed by atoms with Gasteiger partial charge in [-0.3, -0.25) is 4.79 Å². The van der Waals surface area contributed by atoms with Crippen LogP contribution in [0.15, 0.2) is 49.2 Å². The van der Waals surface area contributed by atoms with Crippen molar-refractivity contribution in [3.05, 3.63) is 49.2 Å². The normalized spacial score (nSPS) is 15.0. The number of carbonyl (C=O) groups excluding carboxylic acids is 1. The Morgan fingerprint density at radius 1 is 1.08 bits per heavy atom. The van der Waals surface area contributed by atoms with Gasteiger partial charge in [0.15, 0.2) is 11.6 Å². The number of hydrogen-bond donors (Lipinski definition) is 1. The van der Waals surface area contributed by atoms with Gasteiger partial charge in [0.25, 0.3) is 0 Å². The van der Waals surface area contributed by atoms with Gasteiger partial charge in [-0.05, 0) is 37.1 Å². The van der Waals surface area contributed by atoms with Gasteiger partial charge in [-0.15, -0.1) is 10.2 Å². The second-order valence-electron chi connectivity index (χ2n) is 6.06. The van der Waals surface area contributed by atoms with E-state index in [0.717, 1.165) is 31.7 Å². The number of anilines is 2. The minimum absolute atomic E-state index is 0.0179. The summed E-state index contributed by atoms with van der Waals surface area (Å²) in [6.45, 7) is 1.52. The summed E-state index contributed by atoms with van der Waals surface area (Å²) in [5.74, 6) is 2.02. The maximum Gasteiger partial charge on any atom is 0.228 e. The third kappa shape index (κ3) is 3.51. The summed E-state index contributed by atoms with van der Waals surface area (Å²) < 4.78 is 1.56. The number of carbonyl (C=O) groups is 1. The lowest BCUT2D eigenvalue weighted by Gasteiger charge is -2.31. The fourth-order valence-electron chi connectivity index (χ4n) is 2.97. The Labute approximate surface area is 150 Å². The van der Waals surface area contributed by atoms with Gasteiger partial charge in [0.1, 0.15) is 18.5 Å². The van der Waals surface area contributed by atoms with E-state index in [-0.39, 0.29) is 11.8 Å². The lowest BCUT2D eigenvalue weighted by molar-refractivity contribution is -0.120. The minimum Gasteiger partial charge on any atom is -0.355 e. The molecule has 0 aromatic carbocycles. The number of pyridine rings is 1. The highest BCUT2D eigenvalue weighted by Crippen LogP contribution is 2.22. The zero-order valence-electron chi connectivity index (χ0n) is 14.1. The van der Waals surface area contributed by atoms with E-state index in [0.29, 0.717) is 11.6 Å². The van der Waals surface area contributed by atoms with Crippen LogP contribution in [0, 0.1) is 5.92 Å². The molecule has 0 bridgehead atoms. The minimum atomic E-state index is -0.0179. The molecule has 1 saturated heterocycles. The van der Waals surface area contributed by atoms with E-state index >= 15 is 0 Å². The molecule has 0 unspecified atom stereocenters. The molecule has 9 nitrogen and oxygen atoms in total. The van der Waals surface area contributed by atoms with Crippen LogP contribution in [0.5, 0.6) is 0 Å². The molecule has 0 spiro atoms. The molecule has 3 aromatic heterocycles. The van der Waals surface area contributed by atoms with Gasteiger partial charge in [0, 0.05) is 25.2 Å². The number of amides is 1. The molecule has 4 heterocycles. The van der Waals surface area contributed by atoms with Crippen molar-refractivity contribution in [2.24, 2.45) is 5.92 Å². The molecule has 1 aliphatic rings. The van der Waals surface area contributed by atoms with Gasteiger partial charge in [0.2, 0.25) is 5.91 Å². The Hall–Kier alpha value is -3.36. The number of nitrogens with one attached hydrogen (secondary N) is 1. The molecular weight excluding hydrogens is 332 g/mol. The second kappa shape index (κ2) is 7.26. The number of piperidine rings is 1. The topological polar surface area (TPSA) is 102 Å². The molecular formula is C17H18N8O. The van der Waals surface area contributed by atoms with Crippen LogP contribution in [0.3, 0.4) is 0 Å². The molecule has 132 valence electrons. The number of nitrogens with zero attached hydrogens (tertiary/aromatic N) is 7. The average molecular weight is 350 g/mol. The van der Waals surface area contributed by atoms with Crippen molar-refractivity contribution in [3.63, 3.8) is 0 Å². The number of rotatable bonds is 4. The smallest absolute Gasteiger partial charge is 0.228 e. The van der Waals surface area contributed by atoms with Crippen molar-refractivity contribution >= 4 is 17.5 Å². The predicted molar refractivity (Wildman–Crippen MR) is 94.8 cm³/mol. The molecule has 1 N–H and O–H groups in total. The Kier molecular flexibility index (Phi) is 4.50. The van der Waals surface area contributed by atoms with E-state index in [2.05, 4.69) is 35.5 Å². The highest BCUT2D eigenvalue weighted by Gasteiger charge is 2.26. The molecule has 0 aliphatic carbocycles. The van der Waals surface area contributed by atoms with Crippen LogP contribution in [0.4, 0.5) is 11.6 Å². The van der Waals surface area contributed by atoms with Gasteiger partial charge in [0.05, 0.1) is 0 Å². The largest absolute Gasteiger partial charge is 0.355 e. The molecule has 0 radical (unpaired) electrons. The van der Waals surface area contributed by atoms with Crippen molar-refractivity contribution in [1.82, 2.24) is 29.9 Å². The van der Waals surface area contributed by atoms with Crippen LogP contribution in [-0.2, 0) is 4.79 Å². The van der Waals surface area contributed by atoms with Gasteiger partial charge in [-0.2, -0.15) is 5.10 Å². The standard InChI is InChI=1S/C17H18N8O/c26-17(21-14-3-1-2-8-19-14)13-6-9-24(10-7-13)15-4-5-16(23-22-15)25-12-18-11-20-25/h1-5,8,11-13H,6-7,9-10H2,(H,19,21,26). The quantitative estimate of drug-likeness (QED) is 0.757. The van der Waals surface area contributed by atoms with Crippen LogP contribution >= 0.6 is 0 Å². The fraction of sp³-hybridized carbons (Fsp3) is 0.294. The van der Waals surface area contributed by atoms with Gasteiger partial charge < -0.3 is 10.2 Å². The Bertz CT molecular complexity index is 842. The first-order chi connectivity index (χ1) is 12.8. The van der Waals surface area contributed by atoms with Crippen molar-refractivity contribution in [1.29, 1.82) is 0 Å². The highest BCUT2D eigenvalue weighted by atomic mass is 16.1. The summed E-state index contributed by atoms with van der Waals surface area (Å²) in [6, 6.07) is 9.24. The first-order valence-corrected chi connectivity index (χ1v) is 8.45. The van der Waals surface area contributed by atoms with Crippen molar-refractivity contribution in [2.75, 3.05) is 23.3 Å². The molecule has 0 saturated carbocycles. The van der Waals surface area contributed by atoms with Crippen LogP contribution in [0.25, 0.3) is 5.82 Å². The van der Waals surface area contributed by atoms with Crippen LogP contribution in [-0.4, -0.2) is 48.9 Å². The van der Waals surface area contributed by atoms with Crippen LogP contribution in [0.1, 0.15) is 12.8 Å². The molecule has 1 aliphatic heterocycles. The van der Waals surface area contributed by atoms with Crippen molar-refractivity contribution in [3.8, 4) is 5.82 Å². The predicted octanol–water partition coefficient (Wildman–Crippen LogP) is 1.31. The Morgan fingerprint density at radius 3 is 2.54 bits per heavy atom. The van der Waals surface area contributed by atoms with E-state index in [4.69, 9.17) is 0 Å². The van der Waals surface area contributed by atoms with E-state index < -0.39 is 0 Å². The first kappa shape index (κ1) is 16.1. The lowest BCUT2D eigenvalue weighted by Crippen LogP contribution is -2.38.